The zero-order chi connectivity index (χ0) is 17.6. The first-order chi connectivity index (χ1) is 12.0. The summed E-state index contributed by atoms with van der Waals surface area (Å²) in [5.41, 5.74) is 0.541. The van der Waals surface area contributed by atoms with Gasteiger partial charge in [0.25, 0.3) is 0 Å². The van der Waals surface area contributed by atoms with E-state index in [1.165, 1.54) is 16.7 Å². The van der Waals surface area contributed by atoms with Gasteiger partial charge in [-0.3, -0.25) is 9.59 Å². The van der Waals surface area contributed by atoms with Crippen LogP contribution in [0.5, 0.6) is 0 Å². The topological polar surface area (TPSA) is 83.9 Å². The number of nitrogens with zero attached hydrogens (tertiary/aromatic N) is 1. The van der Waals surface area contributed by atoms with Crippen molar-refractivity contribution in [1.82, 2.24) is 4.90 Å². The molecule has 7 heteroatoms. The summed E-state index contributed by atoms with van der Waals surface area (Å²) >= 11 is 1.37. The largest absolute Gasteiger partial charge is 0.484 e. The first-order valence-electron chi connectivity index (χ1n) is 8.23. The average Bonchev–Trinajstić information content (AvgIpc) is 2.82. The number of hydrogen-bond donors (Lipinski definition) is 1. The molecular formula is C18H17NO5S. The standard InChI is InChI=1S/C18H17NO5S/c20-13-11-4-1-2-5-12(11)15-16(14(13)21)25-10-18(24-15)6-3-8-19(9-7-18)17(22)23/h1-2,4-5H,3,6-10H2,(H,22,23). The van der Waals surface area contributed by atoms with Gasteiger partial charge in [0.15, 0.2) is 0 Å². The molecule has 0 saturated carbocycles. The quantitative estimate of drug-likeness (QED) is 0.717. The number of ketones is 2. The number of Topliss-reactive ketones (excluding diaryl/α,β-unsaturated/α-hetero) is 2. The fourth-order valence-corrected chi connectivity index (χ4v) is 4.88. The van der Waals surface area contributed by atoms with E-state index in [4.69, 9.17) is 4.74 Å². The van der Waals surface area contributed by atoms with Crippen molar-refractivity contribution >= 4 is 35.2 Å². The van der Waals surface area contributed by atoms with Crippen LogP contribution in [0.2, 0.25) is 0 Å². The normalized spacial score (nSPS) is 26.0. The van der Waals surface area contributed by atoms with Gasteiger partial charge in [-0.1, -0.05) is 24.3 Å². The van der Waals surface area contributed by atoms with Crippen LogP contribution in [0.4, 0.5) is 4.79 Å². The predicted octanol–water partition coefficient (Wildman–Crippen LogP) is 2.79. The Hall–Kier alpha value is -2.28. The smallest absolute Gasteiger partial charge is 0.407 e. The highest BCUT2D eigenvalue weighted by Gasteiger charge is 2.45. The molecule has 6 nitrogen and oxygen atoms in total. The van der Waals surface area contributed by atoms with Crippen molar-refractivity contribution < 1.29 is 24.2 Å². The molecule has 25 heavy (non-hydrogen) atoms. The molecule has 1 fully saturated rings. The Morgan fingerprint density at radius 1 is 1.12 bits per heavy atom. The summed E-state index contributed by atoms with van der Waals surface area (Å²) in [6.45, 7) is 0.901. The van der Waals surface area contributed by atoms with Crippen LogP contribution >= 0.6 is 11.8 Å². The van der Waals surface area contributed by atoms with Gasteiger partial charge in [0.1, 0.15) is 16.3 Å². The van der Waals surface area contributed by atoms with E-state index in [9.17, 15) is 19.5 Å². The number of carbonyl (C=O) groups is 3. The number of rotatable bonds is 0. The summed E-state index contributed by atoms with van der Waals surface area (Å²) in [6, 6.07) is 7.00. The van der Waals surface area contributed by atoms with E-state index in [1.807, 2.05) is 6.07 Å². The fraction of sp³-hybridized carbons (Fsp3) is 0.389. The summed E-state index contributed by atoms with van der Waals surface area (Å²) in [7, 11) is 0. The number of thioether (sulfide) groups is 1. The molecule has 1 N–H and O–H groups in total. The first-order valence-corrected chi connectivity index (χ1v) is 9.22. The zero-order valence-corrected chi connectivity index (χ0v) is 14.3. The molecule has 3 aliphatic rings. The number of carbonyl (C=O) groups excluding carboxylic acids is 2. The monoisotopic (exact) mass is 359 g/mol. The third kappa shape index (κ3) is 2.63. The molecule has 2 aliphatic heterocycles. The van der Waals surface area contributed by atoms with E-state index < -0.39 is 23.3 Å². The van der Waals surface area contributed by atoms with Crippen molar-refractivity contribution in [2.75, 3.05) is 18.8 Å². The lowest BCUT2D eigenvalue weighted by Crippen LogP contribution is -2.41. The second kappa shape index (κ2) is 5.91. The van der Waals surface area contributed by atoms with Gasteiger partial charge in [-0.15, -0.1) is 11.8 Å². The van der Waals surface area contributed by atoms with Gasteiger partial charge in [-0.05, 0) is 12.8 Å². The van der Waals surface area contributed by atoms with E-state index >= 15 is 0 Å². The maximum absolute atomic E-state index is 12.4. The van der Waals surface area contributed by atoms with Crippen molar-refractivity contribution in [1.29, 1.82) is 0 Å². The Kier molecular flexibility index (Phi) is 3.83. The van der Waals surface area contributed by atoms with E-state index in [0.29, 0.717) is 53.5 Å². The summed E-state index contributed by atoms with van der Waals surface area (Å²) in [5.74, 6) is 0.0504. The Balaban J connectivity index is 1.69. The summed E-state index contributed by atoms with van der Waals surface area (Å²) in [5, 5.41) is 9.22. The van der Waals surface area contributed by atoms with Crippen LogP contribution in [0.25, 0.3) is 5.76 Å². The second-order valence-corrected chi connectivity index (χ2v) is 7.54. The van der Waals surface area contributed by atoms with E-state index in [2.05, 4.69) is 0 Å². The molecule has 0 aromatic heterocycles. The lowest BCUT2D eigenvalue weighted by molar-refractivity contribution is -0.111. The Morgan fingerprint density at radius 2 is 1.88 bits per heavy atom. The zero-order valence-electron chi connectivity index (χ0n) is 13.5. The van der Waals surface area contributed by atoms with Crippen LogP contribution in [-0.4, -0.2) is 52.1 Å². The molecule has 1 aromatic carbocycles. The summed E-state index contributed by atoms with van der Waals surface area (Å²) in [4.78, 5) is 37.7. The van der Waals surface area contributed by atoms with Crippen molar-refractivity contribution in [3.8, 4) is 0 Å². The molecule has 130 valence electrons. The van der Waals surface area contributed by atoms with Crippen LogP contribution in [-0.2, 0) is 9.53 Å². The van der Waals surface area contributed by atoms with Gasteiger partial charge in [-0.2, -0.15) is 0 Å². The van der Waals surface area contributed by atoms with Crippen LogP contribution in [0, 0.1) is 0 Å². The minimum Gasteiger partial charge on any atom is -0.484 e. The molecule has 1 spiro atoms. The van der Waals surface area contributed by atoms with E-state index in [1.54, 1.807) is 18.2 Å². The SMILES string of the molecule is O=C1C(=O)c2ccccc2C2=C1SCC1(CCCN(C(=O)O)CC1)O2. The number of amides is 1. The van der Waals surface area contributed by atoms with E-state index in [0.717, 1.165) is 6.42 Å². The number of likely N-dealkylation sites (tertiary alicyclic amines) is 1. The molecule has 1 amide bonds. The molecule has 0 radical (unpaired) electrons. The van der Waals surface area contributed by atoms with Gasteiger partial charge < -0.3 is 14.7 Å². The Morgan fingerprint density at radius 3 is 2.64 bits per heavy atom. The number of hydrogen-bond acceptors (Lipinski definition) is 5. The molecule has 4 rings (SSSR count). The molecule has 1 aromatic rings. The van der Waals surface area contributed by atoms with Gasteiger partial charge in [-0.25, -0.2) is 4.79 Å². The van der Waals surface area contributed by atoms with Crippen LogP contribution in [0.1, 0.15) is 35.2 Å². The van der Waals surface area contributed by atoms with E-state index in [-0.39, 0.29) is 0 Å². The maximum Gasteiger partial charge on any atom is 0.407 e. The highest BCUT2D eigenvalue weighted by molar-refractivity contribution is 8.04. The lowest BCUT2D eigenvalue weighted by Gasteiger charge is -2.40. The molecule has 0 bridgehead atoms. The lowest BCUT2D eigenvalue weighted by atomic mass is 9.91. The molecular weight excluding hydrogens is 342 g/mol. The van der Waals surface area contributed by atoms with Crippen LogP contribution in [0.15, 0.2) is 29.2 Å². The average molecular weight is 359 g/mol. The minimum absolute atomic E-state index is 0.379. The van der Waals surface area contributed by atoms with Crippen molar-refractivity contribution in [2.24, 2.45) is 0 Å². The first kappa shape index (κ1) is 16.2. The molecule has 1 saturated heterocycles. The van der Waals surface area contributed by atoms with Gasteiger partial charge >= 0.3 is 6.09 Å². The minimum atomic E-state index is -0.913. The molecule has 2 heterocycles. The Labute approximate surface area is 148 Å². The number of benzene rings is 1. The summed E-state index contributed by atoms with van der Waals surface area (Å²) in [6.07, 6.45) is 1.10. The van der Waals surface area contributed by atoms with Crippen LogP contribution in [0.3, 0.4) is 0 Å². The molecule has 1 aliphatic carbocycles. The number of fused-ring (bicyclic) bond motifs is 2. The predicted molar refractivity (Wildman–Crippen MR) is 92.4 cm³/mol. The van der Waals surface area contributed by atoms with Gasteiger partial charge in [0.2, 0.25) is 11.6 Å². The second-order valence-electron chi connectivity index (χ2n) is 6.56. The fourth-order valence-electron chi connectivity index (χ4n) is 3.62. The van der Waals surface area contributed by atoms with Crippen molar-refractivity contribution in [3.63, 3.8) is 0 Å². The third-order valence-electron chi connectivity index (χ3n) is 5.00. The van der Waals surface area contributed by atoms with Gasteiger partial charge in [0.05, 0.1) is 0 Å². The number of ether oxygens (including phenoxy) is 1. The number of allylic oxidation sites excluding steroid dienone is 1. The maximum atomic E-state index is 12.4. The molecule has 1 unspecified atom stereocenters. The molecule has 1 atom stereocenters. The van der Waals surface area contributed by atoms with Crippen molar-refractivity contribution in [3.05, 3.63) is 40.3 Å². The highest BCUT2D eigenvalue weighted by atomic mass is 32.2. The van der Waals surface area contributed by atoms with Crippen LogP contribution < -0.4 is 0 Å². The number of carboxylic acid groups (broad SMARTS) is 1. The van der Waals surface area contributed by atoms with Gasteiger partial charge in [0, 0.05) is 36.4 Å². The Bertz CT molecular complexity index is 817. The third-order valence-corrected chi connectivity index (χ3v) is 6.33. The summed E-state index contributed by atoms with van der Waals surface area (Å²) < 4.78 is 6.34. The highest BCUT2D eigenvalue weighted by Crippen LogP contribution is 2.47. The van der Waals surface area contributed by atoms with Crippen molar-refractivity contribution in [2.45, 2.75) is 24.9 Å².